The monoisotopic (exact) mass is 597 g/mol. The zero-order chi connectivity index (χ0) is 31.1. The Morgan fingerprint density at radius 1 is 0.696 bits per heavy atom. The molecule has 6 aromatic rings. The number of ether oxygens (including phenoxy) is 1. The smallest absolute Gasteiger partial charge is 0.119 e. The molecular weight excluding hydrogens is 558 g/mol. The van der Waals surface area contributed by atoms with Gasteiger partial charge in [-0.25, -0.2) is 0 Å². The van der Waals surface area contributed by atoms with Gasteiger partial charge in [0.15, 0.2) is 0 Å². The molecule has 46 heavy (non-hydrogen) atoms. The zero-order valence-electron chi connectivity index (χ0n) is 26.3. The number of fused-ring (bicyclic) bond motifs is 5. The number of benzene rings is 5. The number of pyridine rings is 1. The van der Waals surface area contributed by atoms with Crippen LogP contribution in [0.1, 0.15) is 59.4 Å². The van der Waals surface area contributed by atoms with Crippen molar-refractivity contribution < 1.29 is 4.74 Å². The summed E-state index contributed by atoms with van der Waals surface area (Å²) in [5.41, 5.74) is 11.0. The van der Waals surface area contributed by atoms with Gasteiger partial charge in [-0.1, -0.05) is 128 Å². The second-order valence-corrected chi connectivity index (χ2v) is 12.2. The molecule has 2 aliphatic carbocycles. The molecule has 0 bridgehead atoms. The van der Waals surface area contributed by atoms with E-state index in [-0.39, 0.29) is 0 Å². The van der Waals surface area contributed by atoms with E-state index >= 15 is 0 Å². The van der Waals surface area contributed by atoms with Gasteiger partial charge in [0.1, 0.15) is 12.4 Å². The fraction of sp³-hybridized carbons (Fsp3) is 0.159. The van der Waals surface area contributed by atoms with Gasteiger partial charge in [-0.05, 0) is 110 Å². The standard InChI is InChI=1S/C39H34O.C5H5N/c1-27(29-12-6-3-7-13-29)33-22-23-35(31-16-19-32(20-17-31)40-26-28-10-4-2-5-11-28)39-37(33)25-24-36-34-15-9-8-14-30(34)18-21-38(36)39;1-2-4-6-5-3-1/h2-17,19-21,24-25,27,33H,18,22-23,26H2,1H3;1-5H/t27?,33-;/m1./s1. The quantitative estimate of drug-likeness (QED) is 0.191. The summed E-state index contributed by atoms with van der Waals surface area (Å²) in [4.78, 5) is 3.78. The van der Waals surface area contributed by atoms with E-state index in [1.54, 1.807) is 12.4 Å². The van der Waals surface area contributed by atoms with Crippen molar-refractivity contribution in [2.24, 2.45) is 0 Å². The lowest BCUT2D eigenvalue weighted by Gasteiger charge is -2.31. The van der Waals surface area contributed by atoms with Crippen molar-refractivity contribution >= 4 is 11.6 Å². The number of rotatable bonds is 6. The molecule has 2 nitrogen and oxygen atoms in total. The van der Waals surface area contributed by atoms with E-state index in [0.717, 1.165) is 25.0 Å². The summed E-state index contributed by atoms with van der Waals surface area (Å²) in [5, 5.41) is 2.88. The van der Waals surface area contributed by atoms with Gasteiger partial charge in [0.2, 0.25) is 0 Å². The lowest BCUT2D eigenvalue weighted by molar-refractivity contribution is 0.306. The van der Waals surface area contributed by atoms with Crippen LogP contribution in [0.15, 0.2) is 152 Å². The number of hydrogen-bond acceptors (Lipinski definition) is 2. The minimum atomic E-state index is 0.462. The molecule has 8 rings (SSSR count). The molecule has 0 spiro atoms. The second kappa shape index (κ2) is 13.8. The molecule has 0 fully saturated rings. The number of hydrogen-bond donors (Lipinski definition) is 0. The summed E-state index contributed by atoms with van der Waals surface area (Å²) in [5.74, 6) is 1.87. The molecule has 1 unspecified atom stereocenters. The molecule has 0 radical (unpaired) electrons. The number of aromatic nitrogens is 1. The Hall–Kier alpha value is -5.21. The van der Waals surface area contributed by atoms with Gasteiger partial charge in [0.05, 0.1) is 0 Å². The van der Waals surface area contributed by atoms with Gasteiger partial charge < -0.3 is 4.74 Å². The Morgan fingerprint density at radius 3 is 2.11 bits per heavy atom. The van der Waals surface area contributed by atoms with Crippen LogP contribution in [0.2, 0.25) is 0 Å². The molecular formula is C44H39NO. The van der Waals surface area contributed by atoms with Crippen LogP contribution in [0.5, 0.6) is 5.75 Å². The van der Waals surface area contributed by atoms with E-state index in [2.05, 4.69) is 133 Å². The second-order valence-electron chi connectivity index (χ2n) is 12.2. The van der Waals surface area contributed by atoms with Crippen LogP contribution in [0, 0.1) is 0 Å². The third kappa shape index (κ3) is 6.30. The molecule has 226 valence electrons. The lowest BCUT2D eigenvalue weighted by atomic mass is 9.72. The normalized spacial score (nSPS) is 15.2. The third-order valence-corrected chi connectivity index (χ3v) is 9.46. The summed E-state index contributed by atoms with van der Waals surface area (Å²) in [6.45, 7) is 2.99. The average Bonchev–Trinajstić information content (AvgIpc) is 3.15. The van der Waals surface area contributed by atoms with Crippen molar-refractivity contribution in [1.29, 1.82) is 0 Å². The Labute approximate surface area is 272 Å². The SMILES string of the molecule is CC(c1ccccc1)[C@H]1CCC(c2ccc(OCc3ccccc3)cc2)=c2c1ccc1c2=CCc2ccccc2-1.c1ccncc1. The molecule has 1 aromatic heterocycles. The highest BCUT2D eigenvalue weighted by Crippen LogP contribution is 2.40. The minimum absolute atomic E-state index is 0.462. The van der Waals surface area contributed by atoms with Crippen LogP contribution >= 0.6 is 0 Å². The van der Waals surface area contributed by atoms with E-state index in [0.29, 0.717) is 18.4 Å². The highest BCUT2D eigenvalue weighted by atomic mass is 16.5. The zero-order valence-corrected chi connectivity index (χ0v) is 26.3. The first kappa shape index (κ1) is 29.5. The molecule has 0 N–H and O–H groups in total. The van der Waals surface area contributed by atoms with Crippen molar-refractivity contribution in [2.45, 2.75) is 44.6 Å². The van der Waals surface area contributed by atoms with Crippen LogP contribution < -0.4 is 15.2 Å². The summed E-state index contributed by atoms with van der Waals surface area (Å²) < 4.78 is 6.12. The van der Waals surface area contributed by atoms with Crippen LogP contribution in [0.25, 0.3) is 22.8 Å². The van der Waals surface area contributed by atoms with Crippen LogP contribution in [0.3, 0.4) is 0 Å². The van der Waals surface area contributed by atoms with Gasteiger partial charge in [0.25, 0.3) is 0 Å². The fourth-order valence-electron chi connectivity index (χ4n) is 7.09. The van der Waals surface area contributed by atoms with Crippen LogP contribution in [-0.4, -0.2) is 4.98 Å². The van der Waals surface area contributed by atoms with Crippen molar-refractivity contribution in [1.82, 2.24) is 4.98 Å². The molecule has 5 aromatic carbocycles. The number of nitrogens with zero attached hydrogens (tertiary/aromatic N) is 1. The van der Waals surface area contributed by atoms with Crippen molar-refractivity contribution in [2.75, 3.05) is 0 Å². The van der Waals surface area contributed by atoms with Gasteiger partial charge in [-0.3, -0.25) is 4.98 Å². The summed E-state index contributed by atoms with van der Waals surface area (Å²) in [6.07, 6.45) is 9.19. The molecule has 2 heteroatoms. The van der Waals surface area contributed by atoms with E-state index in [1.807, 2.05) is 24.3 Å². The first-order chi connectivity index (χ1) is 22.8. The predicted molar refractivity (Wildman–Crippen MR) is 190 cm³/mol. The molecule has 0 aliphatic heterocycles. The van der Waals surface area contributed by atoms with Crippen LogP contribution in [0.4, 0.5) is 0 Å². The van der Waals surface area contributed by atoms with E-state index in [1.165, 1.54) is 55.0 Å². The molecule has 1 heterocycles. The molecule has 2 aliphatic rings. The molecule has 0 saturated carbocycles. The summed E-state index contributed by atoms with van der Waals surface area (Å²) in [7, 11) is 0. The Bertz CT molecular complexity index is 1990. The maximum atomic E-state index is 6.12. The molecule has 2 atom stereocenters. The summed E-state index contributed by atoms with van der Waals surface area (Å²) in [6, 6.07) is 49.6. The minimum Gasteiger partial charge on any atom is -0.489 e. The highest BCUT2D eigenvalue weighted by Gasteiger charge is 2.28. The van der Waals surface area contributed by atoms with Crippen molar-refractivity contribution in [3.05, 3.63) is 190 Å². The molecule has 0 amide bonds. The fourth-order valence-corrected chi connectivity index (χ4v) is 7.09. The largest absolute Gasteiger partial charge is 0.489 e. The van der Waals surface area contributed by atoms with E-state index in [9.17, 15) is 0 Å². The average molecular weight is 598 g/mol. The topological polar surface area (TPSA) is 22.1 Å². The lowest BCUT2D eigenvalue weighted by Crippen LogP contribution is -2.38. The maximum absolute atomic E-state index is 6.12. The summed E-state index contributed by atoms with van der Waals surface area (Å²) >= 11 is 0. The van der Waals surface area contributed by atoms with Gasteiger partial charge in [0, 0.05) is 12.4 Å². The Morgan fingerprint density at radius 2 is 1.39 bits per heavy atom. The van der Waals surface area contributed by atoms with Crippen molar-refractivity contribution in [3.8, 4) is 16.9 Å². The van der Waals surface area contributed by atoms with E-state index < -0.39 is 0 Å². The van der Waals surface area contributed by atoms with Gasteiger partial charge in [-0.2, -0.15) is 0 Å². The molecule has 0 saturated heterocycles. The third-order valence-electron chi connectivity index (χ3n) is 9.46. The predicted octanol–water partition coefficient (Wildman–Crippen LogP) is 9.23. The Balaban J connectivity index is 0.000000508. The maximum Gasteiger partial charge on any atom is 0.119 e. The Kier molecular flexibility index (Phi) is 8.87. The highest BCUT2D eigenvalue weighted by molar-refractivity contribution is 5.77. The van der Waals surface area contributed by atoms with Gasteiger partial charge >= 0.3 is 0 Å². The van der Waals surface area contributed by atoms with E-state index in [4.69, 9.17) is 4.74 Å². The van der Waals surface area contributed by atoms with Crippen LogP contribution in [-0.2, 0) is 13.0 Å². The van der Waals surface area contributed by atoms with Crippen molar-refractivity contribution in [3.63, 3.8) is 0 Å². The first-order valence-electron chi connectivity index (χ1n) is 16.4. The first-order valence-corrected chi connectivity index (χ1v) is 16.4. The van der Waals surface area contributed by atoms with Gasteiger partial charge in [-0.15, -0.1) is 0 Å².